The number of carbonyl (C=O) groups excluding carboxylic acids is 1. The molecular weight excluding hydrogens is 340 g/mol. The zero-order valence-electron chi connectivity index (χ0n) is 16.6. The highest BCUT2D eigenvalue weighted by Gasteiger charge is 2.27. The van der Waals surface area contributed by atoms with Crippen LogP contribution in [0.15, 0.2) is 24.3 Å². The molecule has 1 atom stereocenters. The van der Waals surface area contributed by atoms with Crippen molar-refractivity contribution in [1.29, 1.82) is 0 Å². The maximum Gasteiger partial charge on any atom is 0.317 e. The Morgan fingerprint density at radius 3 is 2.59 bits per heavy atom. The smallest absolute Gasteiger partial charge is 0.317 e. The number of hydrogen-bond acceptors (Lipinski definition) is 4. The van der Waals surface area contributed by atoms with Crippen LogP contribution in [0, 0.1) is 0 Å². The zero-order valence-corrected chi connectivity index (χ0v) is 16.6. The van der Waals surface area contributed by atoms with Crippen molar-refractivity contribution in [2.45, 2.75) is 38.1 Å². The number of phenols is 1. The van der Waals surface area contributed by atoms with Gasteiger partial charge >= 0.3 is 6.03 Å². The van der Waals surface area contributed by atoms with E-state index in [1.807, 2.05) is 12.1 Å². The van der Waals surface area contributed by atoms with Crippen LogP contribution in [0.5, 0.6) is 5.75 Å². The third-order valence-corrected chi connectivity index (χ3v) is 5.89. The fourth-order valence-corrected chi connectivity index (χ4v) is 4.05. The minimum Gasteiger partial charge on any atom is -0.508 e. The number of amides is 2. The summed E-state index contributed by atoms with van der Waals surface area (Å²) in [5.74, 6) is 0.277. The van der Waals surface area contributed by atoms with E-state index in [0.29, 0.717) is 12.6 Å². The molecule has 0 saturated carbocycles. The van der Waals surface area contributed by atoms with Gasteiger partial charge in [0.05, 0.1) is 0 Å². The molecule has 2 aliphatic rings. The first kappa shape index (κ1) is 20.0. The maximum absolute atomic E-state index is 12.7. The third kappa shape index (κ3) is 6.11. The van der Waals surface area contributed by atoms with Crippen LogP contribution in [-0.4, -0.2) is 84.7 Å². The summed E-state index contributed by atoms with van der Waals surface area (Å²) in [7, 11) is 2.18. The summed E-state index contributed by atoms with van der Waals surface area (Å²) >= 11 is 0. The van der Waals surface area contributed by atoms with Crippen molar-refractivity contribution in [2.24, 2.45) is 0 Å². The van der Waals surface area contributed by atoms with Gasteiger partial charge in [-0.2, -0.15) is 0 Å². The molecule has 0 spiro atoms. The molecule has 3 rings (SSSR count). The Bertz CT molecular complexity index is 584. The molecule has 2 amide bonds. The molecule has 1 aromatic carbocycles. The molecule has 150 valence electrons. The SMILES string of the molecule is CN1CCN(CCC2CCCCN2C(=O)NCCc2ccc(O)cc2)CC1. The predicted octanol–water partition coefficient (Wildman–Crippen LogP) is 2.14. The molecule has 1 unspecified atom stereocenters. The summed E-state index contributed by atoms with van der Waals surface area (Å²) in [6, 6.07) is 7.64. The first-order valence-electron chi connectivity index (χ1n) is 10.3. The zero-order chi connectivity index (χ0) is 19.1. The largest absolute Gasteiger partial charge is 0.508 e. The Morgan fingerprint density at radius 2 is 1.85 bits per heavy atom. The van der Waals surface area contributed by atoms with Crippen molar-refractivity contribution in [3.63, 3.8) is 0 Å². The number of urea groups is 1. The number of rotatable bonds is 6. The second-order valence-electron chi connectivity index (χ2n) is 7.92. The molecule has 1 aromatic rings. The number of piperazine rings is 1. The number of benzene rings is 1. The molecule has 27 heavy (non-hydrogen) atoms. The number of hydrogen-bond donors (Lipinski definition) is 2. The molecule has 6 heteroatoms. The highest BCUT2D eigenvalue weighted by Crippen LogP contribution is 2.20. The van der Waals surface area contributed by atoms with Crippen LogP contribution in [0.3, 0.4) is 0 Å². The third-order valence-electron chi connectivity index (χ3n) is 5.89. The van der Waals surface area contributed by atoms with E-state index in [9.17, 15) is 9.90 Å². The lowest BCUT2D eigenvalue weighted by Crippen LogP contribution is -2.51. The number of carbonyl (C=O) groups is 1. The lowest BCUT2D eigenvalue weighted by Gasteiger charge is -2.38. The summed E-state index contributed by atoms with van der Waals surface area (Å²) in [5, 5.41) is 12.4. The predicted molar refractivity (Wildman–Crippen MR) is 108 cm³/mol. The molecule has 0 radical (unpaired) electrons. The van der Waals surface area contributed by atoms with Gasteiger partial charge in [0.25, 0.3) is 0 Å². The maximum atomic E-state index is 12.7. The number of aromatic hydroxyl groups is 1. The lowest BCUT2D eigenvalue weighted by atomic mass is 9.99. The number of phenolic OH excluding ortho intramolecular Hbond substituents is 1. The minimum atomic E-state index is 0.0804. The van der Waals surface area contributed by atoms with Crippen molar-refractivity contribution in [3.05, 3.63) is 29.8 Å². The quantitative estimate of drug-likeness (QED) is 0.801. The van der Waals surface area contributed by atoms with Crippen LogP contribution in [-0.2, 0) is 6.42 Å². The molecule has 0 aliphatic carbocycles. The molecule has 0 aromatic heterocycles. The molecule has 2 fully saturated rings. The number of piperidine rings is 1. The summed E-state index contributed by atoms with van der Waals surface area (Å²) in [4.78, 5) is 19.7. The van der Waals surface area contributed by atoms with Crippen molar-refractivity contribution in [2.75, 3.05) is 52.9 Å². The fourth-order valence-electron chi connectivity index (χ4n) is 4.05. The van der Waals surface area contributed by atoms with Gasteiger partial charge in [0.15, 0.2) is 0 Å². The average Bonchev–Trinajstić information content (AvgIpc) is 2.69. The average molecular weight is 375 g/mol. The van der Waals surface area contributed by atoms with Crippen LogP contribution in [0.25, 0.3) is 0 Å². The normalized spacial score (nSPS) is 22.0. The monoisotopic (exact) mass is 374 g/mol. The van der Waals surface area contributed by atoms with Gasteiger partial charge in [-0.25, -0.2) is 4.79 Å². The number of nitrogens with one attached hydrogen (secondary N) is 1. The molecule has 2 saturated heterocycles. The Balaban J connectivity index is 1.42. The Kier molecular flexibility index (Phi) is 7.35. The Morgan fingerprint density at radius 1 is 1.11 bits per heavy atom. The fraction of sp³-hybridized carbons (Fsp3) is 0.667. The summed E-state index contributed by atoms with van der Waals surface area (Å²) in [6.45, 7) is 7.17. The van der Waals surface area contributed by atoms with E-state index in [1.165, 1.54) is 6.42 Å². The molecule has 2 heterocycles. The first-order chi connectivity index (χ1) is 13.1. The van der Waals surface area contributed by atoms with E-state index in [2.05, 4.69) is 27.1 Å². The molecular formula is C21H34N4O2. The van der Waals surface area contributed by atoms with E-state index >= 15 is 0 Å². The summed E-state index contributed by atoms with van der Waals surface area (Å²) in [5.41, 5.74) is 1.12. The second kappa shape index (κ2) is 9.95. The topological polar surface area (TPSA) is 59.0 Å². The van der Waals surface area contributed by atoms with Crippen molar-refractivity contribution < 1.29 is 9.90 Å². The molecule has 2 N–H and O–H groups in total. The van der Waals surface area contributed by atoms with Crippen molar-refractivity contribution >= 4 is 6.03 Å². The second-order valence-corrected chi connectivity index (χ2v) is 7.92. The highest BCUT2D eigenvalue weighted by molar-refractivity contribution is 5.74. The molecule has 2 aliphatic heterocycles. The van der Waals surface area contributed by atoms with Gasteiger partial charge in [0.1, 0.15) is 5.75 Å². The molecule has 6 nitrogen and oxygen atoms in total. The summed E-state index contributed by atoms with van der Waals surface area (Å²) < 4.78 is 0. The van der Waals surface area contributed by atoms with Crippen LogP contribution in [0.4, 0.5) is 4.79 Å². The summed E-state index contributed by atoms with van der Waals surface area (Å²) in [6.07, 6.45) is 5.32. The number of likely N-dealkylation sites (tertiary alicyclic amines) is 1. The van der Waals surface area contributed by atoms with Gasteiger partial charge < -0.3 is 25.1 Å². The van der Waals surface area contributed by atoms with Crippen LogP contribution < -0.4 is 5.32 Å². The van der Waals surface area contributed by atoms with Gasteiger partial charge in [0, 0.05) is 51.9 Å². The van der Waals surface area contributed by atoms with Gasteiger partial charge in [0.2, 0.25) is 0 Å². The van der Waals surface area contributed by atoms with Crippen LogP contribution in [0.2, 0.25) is 0 Å². The lowest BCUT2D eigenvalue weighted by molar-refractivity contribution is 0.117. The van der Waals surface area contributed by atoms with E-state index in [-0.39, 0.29) is 11.8 Å². The van der Waals surface area contributed by atoms with E-state index < -0.39 is 0 Å². The van der Waals surface area contributed by atoms with Gasteiger partial charge in [-0.1, -0.05) is 12.1 Å². The number of nitrogens with zero attached hydrogens (tertiary/aromatic N) is 3. The first-order valence-corrected chi connectivity index (χ1v) is 10.3. The van der Waals surface area contributed by atoms with Gasteiger partial charge in [-0.3, -0.25) is 0 Å². The molecule has 0 bridgehead atoms. The van der Waals surface area contributed by atoms with E-state index in [1.54, 1.807) is 12.1 Å². The van der Waals surface area contributed by atoms with Crippen molar-refractivity contribution in [1.82, 2.24) is 20.0 Å². The van der Waals surface area contributed by atoms with Gasteiger partial charge in [-0.15, -0.1) is 0 Å². The Hall–Kier alpha value is -1.79. The van der Waals surface area contributed by atoms with E-state index in [4.69, 9.17) is 0 Å². The minimum absolute atomic E-state index is 0.0804. The van der Waals surface area contributed by atoms with Crippen LogP contribution in [0.1, 0.15) is 31.2 Å². The van der Waals surface area contributed by atoms with Crippen LogP contribution >= 0.6 is 0 Å². The van der Waals surface area contributed by atoms with Gasteiger partial charge in [-0.05, 0) is 56.8 Å². The van der Waals surface area contributed by atoms with E-state index in [0.717, 1.165) is 70.5 Å². The Labute approximate surface area is 163 Å². The number of likely N-dealkylation sites (N-methyl/N-ethyl adjacent to an activating group) is 1. The van der Waals surface area contributed by atoms with Crippen molar-refractivity contribution in [3.8, 4) is 5.75 Å². The standard InChI is InChI=1S/C21H34N4O2/c1-23-14-16-24(17-15-23)13-10-19-4-2-3-12-25(19)21(27)22-11-9-18-5-7-20(26)8-6-18/h5-8,19,26H,2-4,9-17H2,1H3,(H,22,27). The highest BCUT2D eigenvalue weighted by atomic mass is 16.3.